The molecule has 0 aliphatic carbocycles. The lowest BCUT2D eigenvalue weighted by molar-refractivity contribution is -0.139. The fourth-order valence-electron chi connectivity index (χ4n) is 3.56. The largest absolute Gasteiger partial charge is 0.392 e. The molecular weight excluding hydrogens is 295 g/mol. The highest BCUT2D eigenvalue weighted by Crippen LogP contribution is 2.22. The standard InChI is InChI=1S/C18H25FN2O2/c1-13(7-14-3-2-4-15(19)9-14)8-18(23)21-10-16(11-21)20-6-5-17(22)12-20/h2-4,9,13,16-17,22H,5-8,10-12H2,1H3/t13?,17-/m1/s1. The van der Waals surface area contributed by atoms with Crippen LogP contribution in [-0.4, -0.2) is 59.1 Å². The van der Waals surface area contributed by atoms with Gasteiger partial charge in [-0.2, -0.15) is 0 Å². The highest BCUT2D eigenvalue weighted by Gasteiger charge is 2.37. The van der Waals surface area contributed by atoms with Gasteiger partial charge in [0.1, 0.15) is 5.82 Å². The van der Waals surface area contributed by atoms with Crippen LogP contribution in [0.3, 0.4) is 0 Å². The van der Waals surface area contributed by atoms with Crippen molar-refractivity contribution in [3.05, 3.63) is 35.6 Å². The van der Waals surface area contributed by atoms with Crippen LogP contribution in [0.5, 0.6) is 0 Å². The molecule has 23 heavy (non-hydrogen) atoms. The minimum Gasteiger partial charge on any atom is -0.392 e. The number of hydrogen-bond acceptors (Lipinski definition) is 3. The van der Waals surface area contributed by atoms with Crippen LogP contribution >= 0.6 is 0 Å². The summed E-state index contributed by atoms with van der Waals surface area (Å²) in [6, 6.07) is 7.01. The molecule has 1 aromatic carbocycles. The minimum atomic E-state index is -0.223. The van der Waals surface area contributed by atoms with Crippen LogP contribution in [0.4, 0.5) is 4.39 Å². The molecule has 2 saturated heterocycles. The summed E-state index contributed by atoms with van der Waals surface area (Å²) in [5.74, 6) is 0.168. The van der Waals surface area contributed by atoms with Crippen LogP contribution in [0.15, 0.2) is 24.3 Å². The predicted molar refractivity (Wildman–Crippen MR) is 86.4 cm³/mol. The van der Waals surface area contributed by atoms with Crippen molar-refractivity contribution in [2.75, 3.05) is 26.2 Å². The summed E-state index contributed by atoms with van der Waals surface area (Å²) in [6.45, 7) is 5.26. The van der Waals surface area contributed by atoms with Crippen molar-refractivity contribution < 1.29 is 14.3 Å². The van der Waals surface area contributed by atoms with Crippen molar-refractivity contribution in [1.29, 1.82) is 0 Å². The Hall–Kier alpha value is -1.46. The Bertz CT molecular complexity index is 560. The lowest BCUT2D eigenvalue weighted by Crippen LogP contribution is -2.60. The number of benzene rings is 1. The van der Waals surface area contributed by atoms with E-state index in [1.807, 2.05) is 17.9 Å². The van der Waals surface area contributed by atoms with E-state index >= 15 is 0 Å². The highest BCUT2D eigenvalue weighted by atomic mass is 19.1. The van der Waals surface area contributed by atoms with E-state index in [0.29, 0.717) is 12.5 Å². The molecule has 0 radical (unpaired) electrons. The normalized spacial score (nSPS) is 23.8. The number of carbonyl (C=O) groups excluding carboxylic acids is 1. The summed E-state index contributed by atoms with van der Waals surface area (Å²) in [6.07, 6.45) is 1.87. The number of likely N-dealkylation sites (tertiary alicyclic amines) is 2. The Morgan fingerprint density at radius 3 is 2.83 bits per heavy atom. The Labute approximate surface area is 136 Å². The highest BCUT2D eigenvalue weighted by molar-refractivity contribution is 5.77. The third-order valence-electron chi connectivity index (χ3n) is 4.92. The molecule has 0 bridgehead atoms. The first-order chi connectivity index (χ1) is 11.0. The van der Waals surface area contributed by atoms with E-state index in [1.165, 1.54) is 6.07 Å². The number of carbonyl (C=O) groups is 1. The van der Waals surface area contributed by atoms with Crippen molar-refractivity contribution in [3.8, 4) is 0 Å². The van der Waals surface area contributed by atoms with Gasteiger partial charge in [0.25, 0.3) is 0 Å². The summed E-state index contributed by atoms with van der Waals surface area (Å²) < 4.78 is 13.2. The quantitative estimate of drug-likeness (QED) is 0.897. The van der Waals surface area contributed by atoms with Gasteiger partial charge in [0.05, 0.1) is 6.10 Å². The maximum Gasteiger partial charge on any atom is 0.222 e. The van der Waals surface area contributed by atoms with Crippen molar-refractivity contribution in [2.45, 2.75) is 38.3 Å². The van der Waals surface area contributed by atoms with Gasteiger partial charge in [-0.1, -0.05) is 19.1 Å². The summed E-state index contributed by atoms with van der Waals surface area (Å²) in [5.41, 5.74) is 0.942. The van der Waals surface area contributed by atoms with Crippen LogP contribution in [0.2, 0.25) is 0 Å². The van der Waals surface area contributed by atoms with Crippen molar-refractivity contribution in [1.82, 2.24) is 9.80 Å². The smallest absolute Gasteiger partial charge is 0.222 e. The lowest BCUT2D eigenvalue weighted by atomic mass is 9.96. The van der Waals surface area contributed by atoms with Gasteiger partial charge >= 0.3 is 0 Å². The predicted octanol–water partition coefficient (Wildman–Crippen LogP) is 1.67. The Balaban J connectivity index is 1.41. The zero-order chi connectivity index (χ0) is 16.4. The number of amides is 1. The number of hydrogen-bond donors (Lipinski definition) is 1. The summed E-state index contributed by atoms with van der Waals surface area (Å²) in [7, 11) is 0. The van der Waals surface area contributed by atoms with Crippen LogP contribution in [-0.2, 0) is 11.2 Å². The number of rotatable bonds is 5. The molecule has 1 aromatic rings. The first-order valence-electron chi connectivity index (χ1n) is 8.45. The maximum atomic E-state index is 13.2. The van der Waals surface area contributed by atoms with Crippen molar-refractivity contribution in [3.63, 3.8) is 0 Å². The molecule has 2 heterocycles. The molecule has 1 N–H and O–H groups in total. The van der Waals surface area contributed by atoms with E-state index in [0.717, 1.165) is 44.6 Å². The molecule has 1 unspecified atom stereocenters. The van der Waals surface area contributed by atoms with E-state index in [9.17, 15) is 14.3 Å². The maximum absolute atomic E-state index is 13.2. The van der Waals surface area contributed by atoms with Crippen LogP contribution in [0.25, 0.3) is 0 Å². The van der Waals surface area contributed by atoms with Crippen LogP contribution < -0.4 is 0 Å². The van der Waals surface area contributed by atoms with Gasteiger partial charge in [-0.25, -0.2) is 4.39 Å². The van der Waals surface area contributed by atoms with E-state index in [-0.39, 0.29) is 23.7 Å². The molecule has 2 aliphatic heterocycles. The second-order valence-electron chi connectivity index (χ2n) is 7.03. The average molecular weight is 320 g/mol. The summed E-state index contributed by atoms with van der Waals surface area (Å²) in [5, 5.41) is 9.57. The molecule has 0 spiro atoms. The monoisotopic (exact) mass is 320 g/mol. The molecule has 2 aliphatic rings. The topological polar surface area (TPSA) is 43.8 Å². The van der Waals surface area contributed by atoms with Crippen molar-refractivity contribution >= 4 is 5.91 Å². The molecule has 4 nitrogen and oxygen atoms in total. The third kappa shape index (κ3) is 4.09. The van der Waals surface area contributed by atoms with Gasteiger partial charge in [-0.05, 0) is 36.5 Å². The molecular formula is C18H25FN2O2. The molecule has 0 aromatic heterocycles. The van der Waals surface area contributed by atoms with E-state index in [2.05, 4.69) is 4.90 Å². The fraction of sp³-hybridized carbons (Fsp3) is 0.611. The molecule has 126 valence electrons. The Kier molecular flexibility index (Phi) is 4.97. The third-order valence-corrected chi connectivity index (χ3v) is 4.92. The van der Waals surface area contributed by atoms with Gasteiger partial charge in [-0.3, -0.25) is 9.69 Å². The molecule has 3 rings (SSSR count). The van der Waals surface area contributed by atoms with Gasteiger partial charge in [0.2, 0.25) is 5.91 Å². The lowest BCUT2D eigenvalue weighted by Gasteiger charge is -2.44. The number of nitrogens with zero attached hydrogens (tertiary/aromatic N) is 2. The van der Waals surface area contributed by atoms with Crippen LogP contribution in [0.1, 0.15) is 25.3 Å². The SMILES string of the molecule is CC(CC(=O)N1CC(N2CC[C@@H](O)C2)C1)Cc1cccc(F)c1. The fourth-order valence-corrected chi connectivity index (χ4v) is 3.56. The van der Waals surface area contributed by atoms with Gasteiger partial charge in [-0.15, -0.1) is 0 Å². The van der Waals surface area contributed by atoms with E-state index in [1.54, 1.807) is 12.1 Å². The van der Waals surface area contributed by atoms with Crippen molar-refractivity contribution in [2.24, 2.45) is 5.92 Å². The molecule has 2 atom stereocenters. The summed E-state index contributed by atoms with van der Waals surface area (Å²) >= 11 is 0. The Morgan fingerprint density at radius 2 is 2.17 bits per heavy atom. The van der Waals surface area contributed by atoms with Crippen LogP contribution in [0, 0.1) is 11.7 Å². The molecule has 0 saturated carbocycles. The number of halogens is 1. The Morgan fingerprint density at radius 1 is 1.39 bits per heavy atom. The van der Waals surface area contributed by atoms with Gasteiger partial charge < -0.3 is 10.0 Å². The molecule has 2 fully saturated rings. The number of aliphatic hydroxyl groups is 1. The van der Waals surface area contributed by atoms with Gasteiger partial charge in [0, 0.05) is 38.6 Å². The first-order valence-corrected chi connectivity index (χ1v) is 8.45. The second-order valence-corrected chi connectivity index (χ2v) is 7.03. The number of aliphatic hydroxyl groups excluding tert-OH is 1. The molecule has 1 amide bonds. The average Bonchev–Trinajstić information content (AvgIpc) is 2.83. The van der Waals surface area contributed by atoms with E-state index in [4.69, 9.17) is 0 Å². The number of β-amino-alcohol motifs (C(OH)–C–C–N with tert-alkyl or cyclic N) is 1. The van der Waals surface area contributed by atoms with Gasteiger partial charge in [0.15, 0.2) is 0 Å². The summed E-state index contributed by atoms with van der Waals surface area (Å²) in [4.78, 5) is 16.5. The zero-order valence-corrected chi connectivity index (χ0v) is 13.6. The second kappa shape index (κ2) is 6.97. The first kappa shape index (κ1) is 16.4. The minimum absolute atomic E-state index is 0.185. The van der Waals surface area contributed by atoms with E-state index < -0.39 is 0 Å². The molecule has 5 heteroatoms. The zero-order valence-electron chi connectivity index (χ0n) is 13.6.